The second kappa shape index (κ2) is 4.52. The molecule has 92 valence electrons. The summed E-state index contributed by atoms with van der Waals surface area (Å²) in [4.78, 5) is 0.772. The minimum atomic E-state index is -0.950. The zero-order valence-electron chi connectivity index (χ0n) is 9.77. The second-order valence-electron chi connectivity index (χ2n) is 5.40. The van der Waals surface area contributed by atoms with Gasteiger partial charge in [0.2, 0.25) is 0 Å². The van der Waals surface area contributed by atoms with E-state index in [1.807, 2.05) is 0 Å². The monoisotopic (exact) mass is 252 g/mol. The van der Waals surface area contributed by atoms with Crippen LogP contribution in [0, 0.1) is 23.6 Å². The fraction of sp³-hybridized carbons (Fsp3) is 0.571. The van der Waals surface area contributed by atoms with Gasteiger partial charge in [0.1, 0.15) is 5.82 Å². The molecule has 0 saturated heterocycles. The molecule has 3 heteroatoms. The summed E-state index contributed by atoms with van der Waals surface area (Å²) in [5.41, 5.74) is 0. The molecule has 0 heterocycles. The van der Waals surface area contributed by atoms with Crippen LogP contribution in [0.1, 0.15) is 25.7 Å². The van der Waals surface area contributed by atoms with Crippen molar-refractivity contribution in [3.8, 4) is 0 Å². The Labute approximate surface area is 104 Å². The lowest BCUT2D eigenvalue weighted by atomic mass is 9.90. The van der Waals surface area contributed by atoms with Crippen LogP contribution in [-0.4, -0.2) is 9.96 Å². The zero-order valence-corrected chi connectivity index (χ0v) is 10.6. The molecule has 2 aliphatic rings. The van der Waals surface area contributed by atoms with Gasteiger partial charge in [-0.15, -0.1) is 0 Å². The van der Waals surface area contributed by atoms with Gasteiger partial charge in [-0.3, -0.25) is 4.21 Å². The molecule has 2 aliphatic carbocycles. The fourth-order valence-electron chi connectivity index (χ4n) is 3.46. The molecule has 2 fully saturated rings. The molecule has 2 bridgehead atoms. The van der Waals surface area contributed by atoms with Gasteiger partial charge in [-0.2, -0.15) is 0 Å². The van der Waals surface area contributed by atoms with Gasteiger partial charge in [0.05, 0.1) is 10.8 Å². The first-order valence-corrected chi connectivity index (χ1v) is 7.68. The minimum Gasteiger partial charge on any atom is -0.254 e. The Morgan fingerprint density at radius 2 is 1.94 bits per heavy atom. The number of rotatable bonds is 3. The van der Waals surface area contributed by atoms with Crippen LogP contribution in [0.4, 0.5) is 4.39 Å². The molecule has 4 atom stereocenters. The molecule has 0 aromatic heterocycles. The molecular weight excluding hydrogens is 235 g/mol. The molecule has 3 rings (SSSR count). The van der Waals surface area contributed by atoms with Gasteiger partial charge in [0, 0.05) is 10.6 Å². The lowest BCUT2D eigenvalue weighted by Crippen LogP contribution is -2.17. The van der Waals surface area contributed by atoms with Crippen LogP contribution >= 0.6 is 0 Å². The van der Waals surface area contributed by atoms with Crippen molar-refractivity contribution < 1.29 is 8.60 Å². The highest BCUT2D eigenvalue weighted by Crippen LogP contribution is 2.48. The Bertz CT molecular complexity index is 428. The SMILES string of the molecule is O=S(CC1CC2CCC1C2)c1ccc(F)cc1. The van der Waals surface area contributed by atoms with E-state index < -0.39 is 10.8 Å². The van der Waals surface area contributed by atoms with E-state index in [1.165, 1.54) is 37.8 Å². The van der Waals surface area contributed by atoms with Crippen LogP contribution in [0.15, 0.2) is 29.2 Å². The van der Waals surface area contributed by atoms with Gasteiger partial charge in [0.25, 0.3) is 0 Å². The third-order valence-corrected chi connectivity index (χ3v) is 5.86. The highest BCUT2D eigenvalue weighted by Gasteiger charge is 2.39. The number of hydrogen-bond donors (Lipinski definition) is 0. The highest BCUT2D eigenvalue weighted by molar-refractivity contribution is 7.85. The molecule has 2 saturated carbocycles. The lowest BCUT2D eigenvalue weighted by molar-refractivity contribution is 0.363. The maximum Gasteiger partial charge on any atom is 0.123 e. The Hall–Kier alpha value is -0.700. The molecule has 4 unspecified atom stereocenters. The van der Waals surface area contributed by atoms with E-state index in [0.29, 0.717) is 5.92 Å². The summed E-state index contributed by atoms with van der Waals surface area (Å²) in [6.07, 6.45) is 5.32. The van der Waals surface area contributed by atoms with Crippen LogP contribution in [0.2, 0.25) is 0 Å². The number of fused-ring (bicyclic) bond motifs is 2. The Kier molecular flexibility index (Phi) is 3.03. The van der Waals surface area contributed by atoms with Crippen LogP contribution in [0.5, 0.6) is 0 Å². The molecule has 1 nitrogen and oxygen atoms in total. The Balaban J connectivity index is 1.65. The fourth-order valence-corrected chi connectivity index (χ4v) is 4.89. The number of benzene rings is 1. The van der Waals surface area contributed by atoms with Crippen molar-refractivity contribution in [3.05, 3.63) is 30.1 Å². The molecule has 17 heavy (non-hydrogen) atoms. The Morgan fingerprint density at radius 1 is 1.18 bits per heavy atom. The van der Waals surface area contributed by atoms with Crippen LogP contribution in [0.25, 0.3) is 0 Å². The van der Waals surface area contributed by atoms with Crippen molar-refractivity contribution in [2.45, 2.75) is 30.6 Å². The maximum atomic E-state index is 12.8. The third kappa shape index (κ3) is 2.30. The van der Waals surface area contributed by atoms with E-state index in [-0.39, 0.29) is 5.82 Å². The number of halogens is 1. The standard InChI is InChI=1S/C14H17FOS/c15-13-3-5-14(6-4-13)17(16)9-12-8-10-1-2-11(12)7-10/h3-6,10-12H,1-2,7-9H2. The quantitative estimate of drug-likeness (QED) is 0.806. The van der Waals surface area contributed by atoms with Crippen LogP contribution in [-0.2, 0) is 10.8 Å². The topological polar surface area (TPSA) is 17.1 Å². The van der Waals surface area contributed by atoms with E-state index >= 15 is 0 Å². The van der Waals surface area contributed by atoms with Gasteiger partial charge in [-0.1, -0.05) is 6.42 Å². The molecule has 0 aliphatic heterocycles. The van der Waals surface area contributed by atoms with Crippen molar-refractivity contribution in [3.63, 3.8) is 0 Å². The van der Waals surface area contributed by atoms with Crippen LogP contribution < -0.4 is 0 Å². The minimum absolute atomic E-state index is 0.259. The summed E-state index contributed by atoms with van der Waals surface area (Å²) in [5.74, 6) is 2.86. The van der Waals surface area contributed by atoms with Crippen molar-refractivity contribution in [1.29, 1.82) is 0 Å². The predicted octanol–water partition coefficient (Wildman–Crippen LogP) is 3.37. The van der Waals surface area contributed by atoms with Crippen molar-refractivity contribution in [2.24, 2.45) is 17.8 Å². The van der Waals surface area contributed by atoms with Gasteiger partial charge >= 0.3 is 0 Å². The average Bonchev–Trinajstić information content (AvgIpc) is 2.91. The molecule has 0 amide bonds. The molecule has 0 radical (unpaired) electrons. The molecular formula is C14H17FOS. The summed E-state index contributed by atoms with van der Waals surface area (Å²) in [6, 6.07) is 6.10. The van der Waals surface area contributed by atoms with Gasteiger partial charge in [0.15, 0.2) is 0 Å². The smallest absolute Gasteiger partial charge is 0.123 e. The first-order valence-electron chi connectivity index (χ1n) is 6.36. The van der Waals surface area contributed by atoms with Crippen LogP contribution in [0.3, 0.4) is 0 Å². The zero-order chi connectivity index (χ0) is 11.8. The second-order valence-corrected chi connectivity index (χ2v) is 6.90. The first kappa shape index (κ1) is 11.4. The van der Waals surface area contributed by atoms with Gasteiger partial charge in [-0.25, -0.2) is 4.39 Å². The first-order chi connectivity index (χ1) is 8.22. The average molecular weight is 252 g/mol. The largest absolute Gasteiger partial charge is 0.254 e. The summed E-state index contributed by atoms with van der Waals surface area (Å²) in [6.45, 7) is 0. The molecule has 0 spiro atoms. The van der Waals surface area contributed by atoms with E-state index in [9.17, 15) is 8.60 Å². The predicted molar refractivity (Wildman–Crippen MR) is 66.6 cm³/mol. The maximum absolute atomic E-state index is 12.8. The van der Waals surface area contributed by atoms with Crippen molar-refractivity contribution in [2.75, 3.05) is 5.75 Å². The molecule has 1 aromatic carbocycles. The summed E-state index contributed by atoms with van der Waals surface area (Å²) < 4.78 is 25.0. The van der Waals surface area contributed by atoms with E-state index in [4.69, 9.17) is 0 Å². The van der Waals surface area contributed by atoms with E-state index in [1.54, 1.807) is 12.1 Å². The molecule has 1 aromatic rings. The van der Waals surface area contributed by atoms with Crippen molar-refractivity contribution in [1.82, 2.24) is 0 Å². The summed E-state index contributed by atoms with van der Waals surface area (Å²) in [5, 5.41) is 0. The Morgan fingerprint density at radius 3 is 2.53 bits per heavy atom. The summed E-state index contributed by atoms with van der Waals surface area (Å²) >= 11 is 0. The van der Waals surface area contributed by atoms with Gasteiger partial charge in [-0.05, 0) is 61.3 Å². The van der Waals surface area contributed by atoms with E-state index in [2.05, 4.69) is 0 Å². The van der Waals surface area contributed by atoms with Crippen molar-refractivity contribution >= 4 is 10.8 Å². The number of hydrogen-bond acceptors (Lipinski definition) is 1. The molecule has 0 N–H and O–H groups in total. The lowest BCUT2D eigenvalue weighted by Gasteiger charge is -2.20. The third-order valence-electron chi connectivity index (χ3n) is 4.33. The highest BCUT2D eigenvalue weighted by atomic mass is 32.2. The normalized spacial score (nSPS) is 32.9. The summed E-state index contributed by atoms with van der Waals surface area (Å²) in [7, 11) is -0.950. The van der Waals surface area contributed by atoms with E-state index in [0.717, 1.165) is 22.5 Å². The van der Waals surface area contributed by atoms with Gasteiger partial charge < -0.3 is 0 Å².